The van der Waals surface area contributed by atoms with Crippen LogP contribution in [0.15, 0.2) is 30.3 Å². The molecule has 1 aromatic carbocycles. The van der Waals surface area contributed by atoms with Crippen LogP contribution >= 0.6 is 0 Å². The van der Waals surface area contributed by atoms with Crippen LogP contribution in [0.25, 0.3) is 0 Å². The molecule has 0 aliphatic carbocycles. The van der Waals surface area contributed by atoms with Gasteiger partial charge in [-0.3, -0.25) is 4.79 Å². The largest absolute Gasteiger partial charge is 0.480 e. The van der Waals surface area contributed by atoms with Crippen LogP contribution in [0.2, 0.25) is 0 Å². The van der Waals surface area contributed by atoms with Crippen molar-refractivity contribution in [3.05, 3.63) is 35.9 Å². The molecule has 0 aliphatic heterocycles. The standard InChI is InChI=1S/C13H18N2O4/c1-10(12(17)18)14-13(19)15(7-8-16)9-11-5-3-2-4-6-11/h2-6,10,16H,7-9H2,1H3,(H,14,19)(H,17,18)/t10-/m0/s1. The van der Waals surface area contributed by atoms with Gasteiger partial charge >= 0.3 is 12.0 Å². The summed E-state index contributed by atoms with van der Waals surface area (Å²) in [6.07, 6.45) is 0. The molecule has 0 saturated carbocycles. The zero-order chi connectivity index (χ0) is 14.3. The molecular formula is C13H18N2O4. The Hall–Kier alpha value is -2.08. The number of aliphatic carboxylic acids is 1. The number of carboxylic acids is 1. The number of carbonyl (C=O) groups is 2. The van der Waals surface area contributed by atoms with Gasteiger partial charge in [0, 0.05) is 13.1 Å². The fourth-order valence-electron chi connectivity index (χ4n) is 1.52. The van der Waals surface area contributed by atoms with Gasteiger partial charge in [-0.05, 0) is 12.5 Å². The molecule has 0 saturated heterocycles. The molecule has 0 fully saturated rings. The van der Waals surface area contributed by atoms with Crippen molar-refractivity contribution in [3.8, 4) is 0 Å². The summed E-state index contributed by atoms with van der Waals surface area (Å²) in [5.74, 6) is -1.10. The van der Waals surface area contributed by atoms with Crippen LogP contribution in [0.1, 0.15) is 12.5 Å². The summed E-state index contributed by atoms with van der Waals surface area (Å²) >= 11 is 0. The summed E-state index contributed by atoms with van der Waals surface area (Å²) in [7, 11) is 0. The zero-order valence-electron chi connectivity index (χ0n) is 10.7. The molecule has 3 N–H and O–H groups in total. The third kappa shape index (κ3) is 4.97. The summed E-state index contributed by atoms with van der Waals surface area (Å²) in [6.45, 7) is 1.67. The van der Waals surface area contributed by atoms with Crippen LogP contribution in [-0.2, 0) is 11.3 Å². The molecule has 2 amide bonds. The second-order valence-electron chi connectivity index (χ2n) is 4.14. The Balaban J connectivity index is 2.66. The Morgan fingerprint density at radius 2 is 1.95 bits per heavy atom. The normalized spacial score (nSPS) is 11.7. The van der Waals surface area contributed by atoms with E-state index in [1.54, 1.807) is 0 Å². The van der Waals surface area contributed by atoms with Gasteiger partial charge in [0.15, 0.2) is 0 Å². The van der Waals surface area contributed by atoms with Crippen molar-refractivity contribution in [3.63, 3.8) is 0 Å². The first kappa shape index (κ1) is 15.0. The monoisotopic (exact) mass is 266 g/mol. The Labute approximate surface area is 111 Å². The lowest BCUT2D eigenvalue weighted by molar-refractivity contribution is -0.138. The number of aliphatic hydroxyl groups excluding tert-OH is 1. The van der Waals surface area contributed by atoms with Gasteiger partial charge in [-0.2, -0.15) is 0 Å². The number of nitrogens with one attached hydrogen (secondary N) is 1. The van der Waals surface area contributed by atoms with Crippen molar-refractivity contribution in [1.29, 1.82) is 0 Å². The highest BCUT2D eigenvalue weighted by atomic mass is 16.4. The van der Waals surface area contributed by atoms with Gasteiger partial charge in [-0.15, -0.1) is 0 Å². The van der Waals surface area contributed by atoms with E-state index in [0.717, 1.165) is 5.56 Å². The van der Waals surface area contributed by atoms with Crippen molar-refractivity contribution in [2.75, 3.05) is 13.2 Å². The molecule has 104 valence electrons. The van der Waals surface area contributed by atoms with Crippen molar-refractivity contribution in [2.24, 2.45) is 0 Å². The van der Waals surface area contributed by atoms with Gasteiger partial charge in [0.1, 0.15) is 6.04 Å². The Bertz CT molecular complexity index is 422. The van der Waals surface area contributed by atoms with E-state index >= 15 is 0 Å². The number of benzene rings is 1. The fourth-order valence-corrected chi connectivity index (χ4v) is 1.52. The van der Waals surface area contributed by atoms with Gasteiger partial charge < -0.3 is 20.4 Å². The predicted octanol–water partition coefficient (Wildman–Crippen LogP) is 0.664. The number of hydrogen-bond donors (Lipinski definition) is 3. The highest BCUT2D eigenvalue weighted by molar-refractivity contribution is 5.82. The first-order valence-corrected chi connectivity index (χ1v) is 5.97. The number of nitrogens with zero attached hydrogens (tertiary/aromatic N) is 1. The maximum absolute atomic E-state index is 11.9. The number of rotatable bonds is 6. The number of urea groups is 1. The van der Waals surface area contributed by atoms with Crippen molar-refractivity contribution in [1.82, 2.24) is 10.2 Å². The average Bonchev–Trinajstić information content (AvgIpc) is 2.39. The van der Waals surface area contributed by atoms with Gasteiger partial charge in [0.25, 0.3) is 0 Å². The molecule has 1 atom stereocenters. The number of carbonyl (C=O) groups excluding carboxylic acids is 1. The van der Waals surface area contributed by atoms with Crippen molar-refractivity contribution in [2.45, 2.75) is 19.5 Å². The minimum absolute atomic E-state index is 0.146. The minimum Gasteiger partial charge on any atom is -0.480 e. The van der Waals surface area contributed by atoms with Crippen molar-refractivity contribution >= 4 is 12.0 Å². The van der Waals surface area contributed by atoms with Gasteiger partial charge in [0.2, 0.25) is 0 Å². The van der Waals surface area contributed by atoms with Gasteiger partial charge in [-0.25, -0.2) is 4.79 Å². The molecule has 1 rings (SSSR count). The summed E-state index contributed by atoms with van der Waals surface area (Å²) in [4.78, 5) is 24.0. The molecule has 0 bridgehead atoms. The maximum atomic E-state index is 11.9. The topological polar surface area (TPSA) is 89.9 Å². The third-order valence-electron chi connectivity index (χ3n) is 2.58. The van der Waals surface area contributed by atoms with Gasteiger partial charge in [-0.1, -0.05) is 30.3 Å². The molecule has 0 unspecified atom stereocenters. The minimum atomic E-state index is -1.10. The van der Waals surface area contributed by atoms with Crippen LogP contribution in [-0.4, -0.2) is 46.3 Å². The summed E-state index contributed by atoms with van der Waals surface area (Å²) in [5.41, 5.74) is 0.911. The van der Waals surface area contributed by atoms with Crippen LogP contribution < -0.4 is 5.32 Å². The third-order valence-corrected chi connectivity index (χ3v) is 2.58. The lowest BCUT2D eigenvalue weighted by Gasteiger charge is -2.23. The first-order valence-electron chi connectivity index (χ1n) is 5.97. The number of aliphatic hydroxyl groups is 1. The van der Waals surface area contributed by atoms with E-state index in [4.69, 9.17) is 10.2 Å². The van der Waals surface area contributed by atoms with Crippen molar-refractivity contribution < 1.29 is 19.8 Å². The zero-order valence-corrected chi connectivity index (χ0v) is 10.7. The maximum Gasteiger partial charge on any atom is 0.325 e. The van der Waals surface area contributed by atoms with Crippen LogP contribution in [0.4, 0.5) is 4.79 Å². The smallest absolute Gasteiger partial charge is 0.325 e. The quantitative estimate of drug-likeness (QED) is 0.705. The SMILES string of the molecule is C[C@H](NC(=O)N(CCO)Cc1ccccc1)C(=O)O. The van der Waals surface area contributed by atoms with E-state index in [1.807, 2.05) is 30.3 Å². The lowest BCUT2D eigenvalue weighted by Crippen LogP contribution is -2.47. The van der Waals surface area contributed by atoms with E-state index in [2.05, 4.69) is 5.32 Å². The molecule has 0 heterocycles. The molecule has 0 aromatic heterocycles. The average molecular weight is 266 g/mol. The molecule has 6 heteroatoms. The molecule has 0 radical (unpaired) electrons. The van der Waals surface area contributed by atoms with E-state index in [-0.39, 0.29) is 13.2 Å². The predicted molar refractivity (Wildman–Crippen MR) is 69.6 cm³/mol. The molecule has 0 spiro atoms. The summed E-state index contributed by atoms with van der Waals surface area (Å²) in [5, 5.41) is 20.1. The van der Waals surface area contributed by atoms with E-state index in [0.29, 0.717) is 6.54 Å². The Kier molecular flexibility index (Phi) is 5.81. The van der Waals surface area contributed by atoms with Crippen LogP contribution in [0, 0.1) is 0 Å². The molecule has 6 nitrogen and oxygen atoms in total. The molecule has 19 heavy (non-hydrogen) atoms. The highest BCUT2D eigenvalue weighted by Gasteiger charge is 2.19. The van der Waals surface area contributed by atoms with E-state index < -0.39 is 18.0 Å². The summed E-state index contributed by atoms with van der Waals surface area (Å²) < 4.78 is 0. The fraction of sp³-hybridized carbons (Fsp3) is 0.385. The second kappa shape index (κ2) is 7.38. The summed E-state index contributed by atoms with van der Waals surface area (Å²) in [6, 6.07) is 7.81. The Morgan fingerprint density at radius 3 is 2.47 bits per heavy atom. The second-order valence-corrected chi connectivity index (χ2v) is 4.14. The Morgan fingerprint density at radius 1 is 1.32 bits per heavy atom. The first-order chi connectivity index (χ1) is 9.04. The number of carboxylic acid groups (broad SMARTS) is 1. The van der Waals surface area contributed by atoms with Crippen LogP contribution in [0.3, 0.4) is 0 Å². The van der Waals surface area contributed by atoms with E-state index in [9.17, 15) is 9.59 Å². The van der Waals surface area contributed by atoms with Gasteiger partial charge in [0.05, 0.1) is 6.61 Å². The van der Waals surface area contributed by atoms with E-state index in [1.165, 1.54) is 11.8 Å². The highest BCUT2D eigenvalue weighted by Crippen LogP contribution is 2.04. The number of hydrogen-bond acceptors (Lipinski definition) is 3. The van der Waals surface area contributed by atoms with Crippen LogP contribution in [0.5, 0.6) is 0 Å². The molecule has 1 aromatic rings. The lowest BCUT2D eigenvalue weighted by atomic mass is 10.2. The number of amides is 2. The molecular weight excluding hydrogens is 248 g/mol. The molecule has 0 aliphatic rings.